The fraction of sp³-hybridized carbons (Fsp3) is 0.190. The SMILES string of the molecule is CN(C)Cc1c[nH]c2cc(Br)ccc12.N#CCc1c[nH]c2cc(Br)ccc12. The summed E-state index contributed by atoms with van der Waals surface area (Å²) in [5.74, 6) is 0. The third-order valence-electron chi connectivity index (χ3n) is 4.22. The van der Waals surface area contributed by atoms with Crippen LogP contribution in [0.5, 0.6) is 0 Å². The number of rotatable bonds is 3. The van der Waals surface area contributed by atoms with Gasteiger partial charge in [0.2, 0.25) is 0 Å². The summed E-state index contributed by atoms with van der Waals surface area (Å²) >= 11 is 6.86. The number of benzene rings is 2. The fourth-order valence-electron chi connectivity index (χ4n) is 3.02. The van der Waals surface area contributed by atoms with Gasteiger partial charge >= 0.3 is 0 Å². The number of aromatic amines is 2. The van der Waals surface area contributed by atoms with Gasteiger partial charge in [-0.05, 0) is 49.5 Å². The zero-order valence-electron chi connectivity index (χ0n) is 15.2. The Bertz CT molecular complexity index is 1100. The first-order valence-electron chi connectivity index (χ1n) is 8.50. The zero-order chi connectivity index (χ0) is 19.4. The van der Waals surface area contributed by atoms with E-state index in [0.717, 1.165) is 32.0 Å². The maximum Gasteiger partial charge on any atom is 0.0670 e. The van der Waals surface area contributed by atoms with Crippen molar-refractivity contribution >= 4 is 53.7 Å². The van der Waals surface area contributed by atoms with Crippen LogP contribution in [0.1, 0.15) is 11.1 Å². The Morgan fingerprint density at radius 3 is 1.93 bits per heavy atom. The highest BCUT2D eigenvalue weighted by Crippen LogP contribution is 2.23. The van der Waals surface area contributed by atoms with Crippen LogP contribution in [-0.2, 0) is 13.0 Å². The Morgan fingerprint density at radius 2 is 1.41 bits per heavy atom. The molecule has 2 N–H and O–H groups in total. The molecule has 0 bridgehead atoms. The van der Waals surface area contributed by atoms with E-state index in [1.165, 1.54) is 16.5 Å². The highest BCUT2D eigenvalue weighted by Gasteiger charge is 2.04. The second kappa shape index (κ2) is 8.75. The quantitative estimate of drug-likeness (QED) is 0.373. The molecule has 138 valence electrons. The largest absolute Gasteiger partial charge is 0.361 e. The van der Waals surface area contributed by atoms with Crippen LogP contribution in [-0.4, -0.2) is 29.0 Å². The summed E-state index contributed by atoms with van der Waals surface area (Å²) in [6.07, 6.45) is 4.43. The molecule has 0 radical (unpaired) electrons. The van der Waals surface area contributed by atoms with Gasteiger partial charge in [0.1, 0.15) is 0 Å². The first-order chi connectivity index (χ1) is 13.0. The van der Waals surface area contributed by atoms with Crippen molar-refractivity contribution in [3.05, 3.63) is 68.9 Å². The molecule has 0 unspecified atom stereocenters. The van der Waals surface area contributed by atoms with Crippen molar-refractivity contribution in [3.8, 4) is 6.07 Å². The lowest BCUT2D eigenvalue weighted by molar-refractivity contribution is 0.404. The summed E-state index contributed by atoms with van der Waals surface area (Å²) in [7, 11) is 4.16. The number of halogens is 2. The zero-order valence-corrected chi connectivity index (χ0v) is 18.4. The smallest absolute Gasteiger partial charge is 0.0670 e. The monoisotopic (exact) mass is 486 g/mol. The molecule has 0 aliphatic rings. The number of nitrogens with one attached hydrogen (secondary N) is 2. The molecule has 4 rings (SSSR count). The van der Waals surface area contributed by atoms with Crippen LogP contribution < -0.4 is 0 Å². The van der Waals surface area contributed by atoms with Crippen molar-refractivity contribution in [1.29, 1.82) is 5.26 Å². The number of aromatic nitrogens is 2. The average Bonchev–Trinajstić information content (AvgIpc) is 3.19. The minimum absolute atomic E-state index is 0.460. The van der Waals surface area contributed by atoms with Gasteiger partial charge in [0.15, 0.2) is 0 Å². The highest BCUT2D eigenvalue weighted by molar-refractivity contribution is 9.10. The van der Waals surface area contributed by atoms with Crippen LogP contribution >= 0.6 is 31.9 Å². The van der Waals surface area contributed by atoms with Crippen molar-refractivity contribution in [3.63, 3.8) is 0 Å². The minimum Gasteiger partial charge on any atom is -0.361 e. The molecule has 2 aromatic heterocycles. The fourth-order valence-corrected chi connectivity index (χ4v) is 3.74. The first-order valence-corrected chi connectivity index (χ1v) is 10.1. The van der Waals surface area contributed by atoms with Crippen LogP contribution in [0.4, 0.5) is 0 Å². The van der Waals surface area contributed by atoms with Crippen LogP contribution in [0.3, 0.4) is 0 Å². The average molecular weight is 488 g/mol. The van der Waals surface area contributed by atoms with Gasteiger partial charge < -0.3 is 14.9 Å². The van der Waals surface area contributed by atoms with Gasteiger partial charge in [-0.15, -0.1) is 0 Å². The van der Waals surface area contributed by atoms with Gasteiger partial charge in [0.25, 0.3) is 0 Å². The first kappa shape index (κ1) is 19.7. The maximum absolute atomic E-state index is 8.58. The molecule has 0 aliphatic carbocycles. The van der Waals surface area contributed by atoms with Gasteiger partial charge in [0.05, 0.1) is 12.5 Å². The summed E-state index contributed by atoms with van der Waals surface area (Å²) in [6.45, 7) is 0.974. The van der Waals surface area contributed by atoms with Gasteiger partial charge in [0, 0.05) is 49.7 Å². The summed E-state index contributed by atoms with van der Waals surface area (Å²) in [5.41, 5.74) is 4.67. The number of nitriles is 1. The third kappa shape index (κ3) is 4.81. The molecule has 2 aromatic carbocycles. The lowest BCUT2D eigenvalue weighted by Crippen LogP contribution is -2.09. The van der Waals surface area contributed by atoms with Crippen molar-refractivity contribution < 1.29 is 0 Å². The van der Waals surface area contributed by atoms with E-state index in [1.807, 2.05) is 24.4 Å². The van der Waals surface area contributed by atoms with E-state index >= 15 is 0 Å². The maximum atomic E-state index is 8.58. The number of fused-ring (bicyclic) bond motifs is 2. The van der Waals surface area contributed by atoms with Crippen molar-refractivity contribution in [2.24, 2.45) is 0 Å². The molecule has 27 heavy (non-hydrogen) atoms. The van der Waals surface area contributed by atoms with E-state index in [4.69, 9.17) is 5.26 Å². The molecule has 6 heteroatoms. The normalized spacial score (nSPS) is 10.8. The Kier molecular flexibility index (Phi) is 6.38. The van der Waals surface area contributed by atoms with Crippen LogP contribution in [0, 0.1) is 11.3 Å². The number of H-pyrrole nitrogens is 2. The standard InChI is InChI=1S/C11H13BrN2.C10H7BrN2/c1-14(2)7-8-6-13-11-5-9(12)3-4-10(8)11;11-8-1-2-9-7(3-4-12)6-13-10(9)5-8/h3-6,13H,7H2,1-2H3;1-2,5-6,13H,3H2. The highest BCUT2D eigenvalue weighted by atomic mass is 79.9. The number of hydrogen-bond acceptors (Lipinski definition) is 2. The molecule has 4 nitrogen and oxygen atoms in total. The number of nitrogens with zero attached hydrogens (tertiary/aromatic N) is 2. The Hall–Kier alpha value is -2.07. The second-order valence-corrected chi connectivity index (χ2v) is 8.41. The van der Waals surface area contributed by atoms with Gasteiger partial charge in [-0.2, -0.15) is 5.26 Å². The summed E-state index contributed by atoms with van der Waals surface area (Å²) in [5, 5.41) is 11.0. The van der Waals surface area contributed by atoms with E-state index in [9.17, 15) is 0 Å². The van der Waals surface area contributed by atoms with Crippen molar-refractivity contribution in [1.82, 2.24) is 14.9 Å². The van der Waals surface area contributed by atoms with Crippen molar-refractivity contribution in [2.75, 3.05) is 14.1 Å². The van der Waals surface area contributed by atoms with Gasteiger partial charge in [-0.25, -0.2) is 0 Å². The molecule has 0 amide bonds. The Labute approximate surface area is 175 Å². The van der Waals surface area contributed by atoms with Crippen molar-refractivity contribution in [2.45, 2.75) is 13.0 Å². The molecule has 0 saturated heterocycles. The predicted molar refractivity (Wildman–Crippen MR) is 119 cm³/mol. The van der Waals surface area contributed by atoms with E-state index < -0.39 is 0 Å². The lowest BCUT2D eigenvalue weighted by atomic mass is 10.1. The predicted octanol–water partition coefficient (Wildman–Crippen LogP) is 5.99. The number of hydrogen-bond donors (Lipinski definition) is 2. The lowest BCUT2D eigenvalue weighted by Gasteiger charge is -2.07. The second-order valence-electron chi connectivity index (χ2n) is 6.58. The molecule has 2 heterocycles. The molecule has 4 aromatic rings. The molecule has 0 aliphatic heterocycles. The van der Waals surface area contributed by atoms with E-state index in [-0.39, 0.29) is 0 Å². The van der Waals surface area contributed by atoms with E-state index in [0.29, 0.717) is 6.42 Å². The summed E-state index contributed by atoms with van der Waals surface area (Å²) in [6, 6.07) is 14.5. The van der Waals surface area contributed by atoms with Gasteiger partial charge in [-0.1, -0.05) is 44.0 Å². The molecule has 0 fully saturated rings. The topological polar surface area (TPSA) is 58.6 Å². The van der Waals surface area contributed by atoms with Crippen LogP contribution in [0.15, 0.2) is 57.7 Å². The minimum atomic E-state index is 0.460. The Balaban J connectivity index is 0.000000156. The van der Waals surface area contributed by atoms with E-state index in [1.54, 1.807) is 0 Å². The molecular formula is C21H20Br2N4. The van der Waals surface area contributed by atoms with Crippen LogP contribution in [0.25, 0.3) is 21.8 Å². The van der Waals surface area contributed by atoms with E-state index in [2.05, 4.69) is 91.3 Å². The van der Waals surface area contributed by atoms with Crippen LogP contribution in [0.2, 0.25) is 0 Å². The Morgan fingerprint density at radius 1 is 0.889 bits per heavy atom. The summed E-state index contributed by atoms with van der Waals surface area (Å²) < 4.78 is 2.16. The molecule has 0 spiro atoms. The molecule has 0 saturated carbocycles. The third-order valence-corrected chi connectivity index (χ3v) is 5.20. The molecular weight excluding hydrogens is 468 g/mol. The summed E-state index contributed by atoms with van der Waals surface area (Å²) in [4.78, 5) is 8.58. The van der Waals surface area contributed by atoms with Gasteiger partial charge in [-0.3, -0.25) is 0 Å². The molecule has 0 atom stereocenters.